The van der Waals surface area contributed by atoms with Crippen molar-refractivity contribution >= 4 is 69.6 Å². The lowest BCUT2D eigenvalue weighted by Crippen LogP contribution is -2.45. The van der Waals surface area contributed by atoms with E-state index >= 15 is 0 Å². The van der Waals surface area contributed by atoms with Crippen molar-refractivity contribution in [3.8, 4) is 0 Å². The summed E-state index contributed by atoms with van der Waals surface area (Å²) in [6.45, 7) is 0. The van der Waals surface area contributed by atoms with Gasteiger partial charge in [-0.05, 0) is 0 Å². The Hall–Kier alpha value is 0.530. The average molecular weight is 282 g/mol. The van der Waals surface area contributed by atoms with E-state index in [1.54, 1.807) is 0 Å². The van der Waals surface area contributed by atoms with Crippen LogP contribution in [0.25, 0.3) is 0 Å². The molecule has 0 bridgehead atoms. The van der Waals surface area contributed by atoms with E-state index in [1.807, 2.05) is 0 Å². The first-order valence-corrected chi connectivity index (χ1v) is 4.91. The van der Waals surface area contributed by atoms with Crippen molar-refractivity contribution in [3.05, 3.63) is 10.1 Å². The van der Waals surface area contributed by atoms with E-state index in [0.29, 0.717) is 0 Å². The summed E-state index contributed by atoms with van der Waals surface area (Å²) in [7, 11) is 0. The first kappa shape index (κ1) is 11.6. The molecule has 1 unspecified atom stereocenters. The molecule has 0 aromatic rings. The Morgan fingerprint density at radius 1 is 1.15 bits per heavy atom. The third kappa shape index (κ3) is 1.71. The van der Waals surface area contributed by atoms with Crippen LogP contribution in [-0.4, -0.2) is 21.3 Å². The number of halogens is 5. The monoisotopic (exact) mass is 280 g/mol. The molecule has 7 heteroatoms. The Labute approximate surface area is 98.7 Å². The maximum absolute atomic E-state index is 11.2. The third-order valence-corrected chi connectivity index (χ3v) is 3.58. The quantitative estimate of drug-likeness (QED) is 0.505. The standard InChI is InChI=1S/C6HCl5O2/c7-1-2(8)4(12)6(10,11)5(13)3(1)9/h2H. The highest BCUT2D eigenvalue weighted by Gasteiger charge is 2.51. The van der Waals surface area contributed by atoms with Crippen molar-refractivity contribution in [2.24, 2.45) is 0 Å². The van der Waals surface area contributed by atoms with E-state index in [-0.39, 0.29) is 5.03 Å². The molecule has 0 amide bonds. The number of Topliss-reactive ketones (excluding diaryl/α,β-unsaturated/α-hetero) is 2. The maximum Gasteiger partial charge on any atom is 0.240 e. The third-order valence-electron chi connectivity index (χ3n) is 1.46. The molecular formula is C6HCl5O2. The number of carbonyl (C=O) groups is 2. The van der Waals surface area contributed by atoms with Crippen LogP contribution in [-0.2, 0) is 9.59 Å². The lowest BCUT2D eigenvalue weighted by molar-refractivity contribution is -0.126. The fourth-order valence-electron chi connectivity index (χ4n) is 0.744. The first-order valence-electron chi connectivity index (χ1n) is 2.96. The number of alkyl halides is 3. The maximum atomic E-state index is 11.2. The Morgan fingerprint density at radius 3 is 2.08 bits per heavy atom. The fraction of sp³-hybridized carbons (Fsp3) is 0.333. The Kier molecular flexibility index (Phi) is 3.21. The van der Waals surface area contributed by atoms with E-state index in [4.69, 9.17) is 58.0 Å². The Bertz CT molecular complexity index is 319. The number of ketones is 2. The number of hydrogen-bond acceptors (Lipinski definition) is 2. The molecule has 0 saturated carbocycles. The predicted molar refractivity (Wildman–Crippen MR) is 52.8 cm³/mol. The summed E-state index contributed by atoms with van der Waals surface area (Å²) in [5.41, 5.74) is 0. The summed E-state index contributed by atoms with van der Waals surface area (Å²) < 4.78 is -2.22. The molecule has 0 N–H and O–H groups in total. The molecule has 0 aromatic heterocycles. The minimum Gasteiger partial charge on any atom is -0.294 e. The average Bonchev–Trinajstić information content (AvgIpc) is 2.09. The van der Waals surface area contributed by atoms with Crippen molar-refractivity contribution < 1.29 is 9.59 Å². The summed E-state index contributed by atoms with van der Waals surface area (Å²) in [4.78, 5) is 22.4. The minimum atomic E-state index is -2.22. The molecule has 1 aliphatic rings. The van der Waals surface area contributed by atoms with Crippen LogP contribution >= 0.6 is 58.0 Å². The highest BCUT2D eigenvalue weighted by Crippen LogP contribution is 2.40. The Morgan fingerprint density at radius 2 is 1.62 bits per heavy atom. The molecule has 2 nitrogen and oxygen atoms in total. The van der Waals surface area contributed by atoms with E-state index in [2.05, 4.69) is 0 Å². The number of hydrogen-bond donors (Lipinski definition) is 0. The molecule has 0 aliphatic heterocycles. The van der Waals surface area contributed by atoms with Gasteiger partial charge in [-0.2, -0.15) is 0 Å². The second-order valence-electron chi connectivity index (χ2n) is 2.29. The zero-order valence-electron chi connectivity index (χ0n) is 5.78. The summed E-state index contributed by atoms with van der Waals surface area (Å²) in [6.07, 6.45) is 0. The van der Waals surface area contributed by atoms with Crippen molar-refractivity contribution in [1.29, 1.82) is 0 Å². The van der Waals surface area contributed by atoms with Crippen molar-refractivity contribution in [2.75, 3.05) is 0 Å². The predicted octanol–water partition coefficient (Wildman–Crippen LogP) is 2.61. The SMILES string of the molecule is O=C1C(Cl)=C(Cl)C(Cl)C(=O)C1(Cl)Cl. The lowest BCUT2D eigenvalue weighted by Gasteiger charge is -2.24. The molecule has 0 fully saturated rings. The highest BCUT2D eigenvalue weighted by atomic mass is 35.5. The van der Waals surface area contributed by atoms with Crippen LogP contribution in [0.5, 0.6) is 0 Å². The van der Waals surface area contributed by atoms with Crippen LogP contribution in [0.2, 0.25) is 0 Å². The van der Waals surface area contributed by atoms with Crippen molar-refractivity contribution in [3.63, 3.8) is 0 Å². The molecule has 1 rings (SSSR count). The molecule has 0 aromatic carbocycles. The fourth-order valence-corrected chi connectivity index (χ4v) is 2.12. The smallest absolute Gasteiger partial charge is 0.240 e. The largest absolute Gasteiger partial charge is 0.294 e. The minimum absolute atomic E-state index is 0.241. The summed E-state index contributed by atoms with van der Waals surface area (Å²) in [5.74, 6) is -1.82. The second-order valence-corrected chi connectivity index (χ2v) is 4.84. The van der Waals surface area contributed by atoms with E-state index in [0.717, 1.165) is 0 Å². The number of allylic oxidation sites excluding steroid dienone is 2. The van der Waals surface area contributed by atoms with Crippen molar-refractivity contribution in [2.45, 2.75) is 9.71 Å². The molecule has 13 heavy (non-hydrogen) atoms. The molecule has 0 radical (unpaired) electrons. The van der Waals surface area contributed by atoms with E-state index < -0.39 is 26.3 Å². The van der Waals surface area contributed by atoms with Gasteiger partial charge in [0.1, 0.15) is 10.4 Å². The normalized spacial score (nSPS) is 28.2. The van der Waals surface area contributed by atoms with Crippen LogP contribution in [0.1, 0.15) is 0 Å². The van der Waals surface area contributed by atoms with Gasteiger partial charge in [0.05, 0.1) is 5.03 Å². The second kappa shape index (κ2) is 3.59. The van der Waals surface area contributed by atoms with Gasteiger partial charge in [-0.1, -0.05) is 46.4 Å². The Balaban J connectivity index is 3.31. The van der Waals surface area contributed by atoms with Gasteiger partial charge in [-0.15, -0.1) is 11.6 Å². The zero-order chi connectivity index (χ0) is 10.4. The van der Waals surface area contributed by atoms with Crippen LogP contribution in [0.15, 0.2) is 10.1 Å². The number of carbonyl (C=O) groups excluding carboxylic acids is 2. The molecule has 0 spiro atoms. The van der Waals surface area contributed by atoms with Gasteiger partial charge in [-0.25, -0.2) is 0 Å². The van der Waals surface area contributed by atoms with Crippen LogP contribution in [0.4, 0.5) is 0 Å². The molecule has 1 aliphatic carbocycles. The first-order chi connectivity index (χ1) is 5.80. The van der Waals surface area contributed by atoms with Gasteiger partial charge in [0, 0.05) is 0 Å². The number of rotatable bonds is 0. The molecule has 0 heterocycles. The van der Waals surface area contributed by atoms with Gasteiger partial charge in [-0.3, -0.25) is 9.59 Å². The summed E-state index contributed by atoms with van der Waals surface area (Å²) in [5, 5.41) is -1.90. The zero-order valence-corrected chi connectivity index (χ0v) is 9.56. The van der Waals surface area contributed by atoms with Crippen molar-refractivity contribution in [1.82, 2.24) is 0 Å². The molecule has 0 saturated heterocycles. The van der Waals surface area contributed by atoms with Crippen LogP contribution in [0.3, 0.4) is 0 Å². The van der Waals surface area contributed by atoms with Gasteiger partial charge in [0.25, 0.3) is 0 Å². The van der Waals surface area contributed by atoms with E-state index in [9.17, 15) is 9.59 Å². The molecule has 72 valence electrons. The van der Waals surface area contributed by atoms with Crippen LogP contribution in [0, 0.1) is 0 Å². The summed E-state index contributed by atoms with van der Waals surface area (Å²) >= 11 is 27.3. The van der Waals surface area contributed by atoms with Gasteiger partial charge >= 0.3 is 0 Å². The van der Waals surface area contributed by atoms with Gasteiger partial charge < -0.3 is 0 Å². The molecule has 1 atom stereocenters. The molecular weight excluding hydrogens is 281 g/mol. The van der Waals surface area contributed by atoms with Gasteiger partial charge in [0.15, 0.2) is 5.78 Å². The van der Waals surface area contributed by atoms with Gasteiger partial charge in [0.2, 0.25) is 10.1 Å². The summed E-state index contributed by atoms with van der Waals surface area (Å²) in [6, 6.07) is 0. The topological polar surface area (TPSA) is 34.1 Å². The van der Waals surface area contributed by atoms with Crippen LogP contribution < -0.4 is 0 Å². The highest BCUT2D eigenvalue weighted by molar-refractivity contribution is 6.76. The lowest BCUT2D eigenvalue weighted by atomic mass is 10.0. The van der Waals surface area contributed by atoms with E-state index in [1.165, 1.54) is 0 Å².